The van der Waals surface area contributed by atoms with Crippen LogP contribution in [0, 0.1) is 6.92 Å². The first-order valence-corrected chi connectivity index (χ1v) is 5.32. The number of carbonyl (C=O) groups excluding carboxylic acids is 1. The fourth-order valence-corrected chi connectivity index (χ4v) is 1.27. The molecule has 0 saturated carbocycles. The van der Waals surface area contributed by atoms with Gasteiger partial charge in [-0.2, -0.15) is 16.9 Å². The van der Waals surface area contributed by atoms with Gasteiger partial charge in [-0.3, -0.25) is 9.48 Å². The molecule has 0 aliphatic rings. The van der Waals surface area contributed by atoms with Crippen LogP contribution in [0.15, 0.2) is 6.07 Å². The summed E-state index contributed by atoms with van der Waals surface area (Å²) in [5, 5.41) is 6.82. The molecule has 5 heteroatoms. The van der Waals surface area contributed by atoms with Gasteiger partial charge in [0.05, 0.1) is 5.75 Å². The number of aryl methyl sites for hydroxylation is 2. The van der Waals surface area contributed by atoms with E-state index < -0.39 is 0 Å². The Hall–Kier alpha value is -0.970. The highest BCUT2D eigenvalue weighted by Gasteiger charge is 2.04. The second-order valence-corrected chi connectivity index (χ2v) is 3.64. The molecular formula is C8H13N3OS. The normalized spacial score (nSPS) is 10.1. The van der Waals surface area contributed by atoms with E-state index in [4.69, 9.17) is 0 Å². The van der Waals surface area contributed by atoms with Gasteiger partial charge in [0.25, 0.3) is 0 Å². The third-order valence-corrected chi connectivity index (χ3v) is 2.21. The maximum absolute atomic E-state index is 11.2. The van der Waals surface area contributed by atoms with Gasteiger partial charge in [-0.25, -0.2) is 0 Å². The predicted molar refractivity (Wildman–Crippen MR) is 55.0 cm³/mol. The average molecular weight is 199 g/mol. The summed E-state index contributed by atoms with van der Waals surface area (Å²) in [5.74, 6) is 1.08. The molecule has 0 aromatic carbocycles. The van der Waals surface area contributed by atoms with Crippen LogP contribution in [0.1, 0.15) is 5.69 Å². The third kappa shape index (κ3) is 2.77. The first kappa shape index (κ1) is 10.1. The van der Waals surface area contributed by atoms with Gasteiger partial charge in [-0.15, -0.1) is 0 Å². The summed E-state index contributed by atoms with van der Waals surface area (Å²) in [4.78, 5) is 11.2. The van der Waals surface area contributed by atoms with Gasteiger partial charge >= 0.3 is 0 Å². The molecule has 0 spiro atoms. The van der Waals surface area contributed by atoms with E-state index in [-0.39, 0.29) is 5.91 Å². The minimum atomic E-state index is -0.00870. The molecule has 1 aromatic rings. The number of anilines is 1. The van der Waals surface area contributed by atoms with Crippen molar-refractivity contribution in [3.8, 4) is 0 Å². The van der Waals surface area contributed by atoms with Gasteiger partial charge < -0.3 is 5.32 Å². The number of thioether (sulfide) groups is 1. The molecule has 0 aliphatic carbocycles. The highest BCUT2D eigenvalue weighted by atomic mass is 32.2. The van der Waals surface area contributed by atoms with E-state index in [1.54, 1.807) is 4.68 Å². The Balaban J connectivity index is 2.59. The molecule has 0 aliphatic heterocycles. The molecule has 1 aromatic heterocycles. The van der Waals surface area contributed by atoms with E-state index in [1.807, 2.05) is 26.3 Å². The van der Waals surface area contributed by atoms with Gasteiger partial charge in [-0.1, -0.05) is 0 Å². The summed E-state index contributed by atoms with van der Waals surface area (Å²) >= 11 is 1.49. The number of rotatable bonds is 3. The van der Waals surface area contributed by atoms with Gasteiger partial charge in [0.2, 0.25) is 5.91 Å². The zero-order valence-electron chi connectivity index (χ0n) is 8.00. The van der Waals surface area contributed by atoms with E-state index in [9.17, 15) is 4.79 Å². The van der Waals surface area contributed by atoms with Crippen molar-refractivity contribution in [2.24, 2.45) is 7.05 Å². The first-order chi connectivity index (χ1) is 6.13. The van der Waals surface area contributed by atoms with Crippen molar-refractivity contribution < 1.29 is 4.79 Å². The van der Waals surface area contributed by atoms with Crippen LogP contribution in [0.3, 0.4) is 0 Å². The SMILES string of the molecule is CSCC(=O)Nc1cc(C)n(C)n1. The molecule has 0 unspecified atom stereocenters. The minimum Gasteiger partial charge on any atom is -0.308 e. The van der Waals surface area contributed by atoms with E-state index in [2.05, 4.69) is 10.4 Å². The van der Waals surface area contributed by atoms with Gasteiger partial charge in [0.1, 0.15) is 0 Å². The Morgan fingerprint density at radius 1 is 1.77 bits per heavy atom. The fourth-order valence-electron chi connectivity index (χ4n) is 0.932. The Kier molecular flexibility index (Phi) is 3.36. The van der Waals surface area contributed by atoms with Crippen LogP contribution in [0.25, 0.3) is 0 Å². The number of aromatic nitrogens is 2. The molecule has 72 valence electrons. The standard InChI is InChI=1S/C8H13N3OS/c1-6-4-7(10-11(6)2)9-8(12)5-13-3/h4H,5H2,1-3H3,(H,9,10,12). The lowest BCUT2D eigenvalue weighted by Gasteiger charge is -1.97. The van der Waals surface area contributed by atoms with Crippen molar-refractivity contribution in [2.75, 3.05) is 17.3 Å². The van der Waals surface area contributed by atoms with Crippen molar-refractivity contribution >= 4 is 23.5 Å². The summed E-state index contributed by atoms with van der Waals surface area (Å²) in [5.41, 5.74) is 1.03. The number of nitrogens with zero attached hydrogens (tertiary/aromatic N) is 2. The van der Waals surface area contributed by atoms with E-state index in [0.29, 0.717) is 11.6 Å². The third-order valence-electron chi connectivity index (χ3n) is 1.66. The summed E-state index contributed by atoms with van der Waals surface area (Å²) in [6.07, 6.45) is 1.89. The molecule has 0 bridgehead atoms. The summed E-state index contributed by atoms with van der Waals surface area (Å²) in [6.45, 7) is 1.94. The first-order valence-electron chi connectivity index (χ1n) is 3.93. The van der Waals surface area contributed by atoms with E-state index in [0.717, 1.165) is 5.69 Å². The van der Waals surface area contributed by atoms with Crippen molar-refractivity contribution in [1.82, 2.24) is 9.78 Å². The minimum absolute atomic E-state index is 0.00870. The van der Waals surface area contributed by atoms with Crippen LogP contribution in [-0.4, -0.2) is 27.7 Å². The molecule has 0 atom stereocenters. The molecule has 1 heterocycles. The lowest BCUT2D eigenvalue weighted by molar-refractivity contribution is -0.113. The van der Waals surface area contributed by atoms with Crippen LogP contribution in [0.2, 0.25) is 0 Å². The van der Waals surface area contributed by atoms with Gasteiger partial charge in [-0.05, 0) is 13.2 Å². The van der Waals surface area contributed by atoms with E-state index in [1.165, 1.54) is 11.8 Å². The molecule has 0 radical (unpaired) electrons. The fraction of sp³-hybridized carbons (Fsp3) is 0.500. The number of nitrogens with one attached hydrogen (secondary N) is 1. The second kappa shape index (κ2) is 4.32. The van der Waals surface area contributed by atoms with Crippen molar-refractivity contribution in [3.05, 3.63) is 11.8 Å². The van der Waals surface area contributed by atoms with Crippen LogP contribution in [0.5, 0.6) is 0 Å². The number of hydrogen-bond acceptors (Lipinski definition) is 3. The summed E-state index contributed by atoms with van der Waals surface area (Å²) in [7, 11) is 1.85. The number of hydrogen-bond donors (Lipinski definition) is 1. The Morgan fingerprint density at radius 2 is 2.46 bits per heavy atom. The van der Waals surface area contributed by atoms with Gasteiger partial charge in [0.15, 0.2) is 5.82 Å². The molecular weight excluding hydrogens is 186 g/mol. The highest BCUT2D eigenvalue weighted by Crippen LogP contribution is 2.07. The molecule has 13 heavy (non-hydrogen) atoms. The van der Waals surface area contributed by atoms with Crippen molar-refractivity contribution in [2.45, 2.75) is 6.92 Å². The Labute approximate surface area is 81.7 Å². The monoisotopic (exact) mass is 199 g/mol. The zero-order chi connectivity index (χ0) is 9.84. The van der Waals surface area contributed by atoms with E-state index >= 15 is 0 Å². The lowest BCUT2D eigenvalue weighted by Crippen LogP contribution is -2.14. The van der Waals surface area contributed by atoms with Crippen LogP contribution in [0.4, 0.5) is 5.82 Å². The number of carbonyl (C=O) groups is 1. The maximum Gasteiger partial charge on any atom is 0.235 e. The van der Waals surface area contributed by atoms with Gasteiger partial charge in [0, 0.05) is 18.8 Å². The van der Waals surface area contributed by atoms with Crippen molar-refractivity contribution in [3.63, 3.8) is 0 Å². The molecule has 0 fully saturated rings. The van der Waals surface area contributed by atoms with Crippen molar-refractivity contribution in [1.29, 1.82) is 0 Å². The predicted octanol–water partition coefficient (Wildman–Crippen LogP) is 1.03. The zero-order valence-corrected chi connectivity index (χ0v) is 8.81. The quantitative estimate of drug-likeness (QED) is 0.791. The molecule has 1 N–H and O–H groups in total. The Morgan fingerprint density at radius 3 is 2.92 bits per heavy atom. The molecule has 1 amide bonds. The second-order valence-electron chi connectivity index (χ2n) is 2.78. The molecule has 0 saturated heterocycles. The topological polar surface area (TPSA) is 46.9 Å². The van der Waals surface area contributed by atoms with Crippen LogP contribution >= 0.6 is 11.8 Å². The Bertz CT molecular complexity index is 289. The van der Waals surface area contributed by atoms with Crippen LogP contribution in [-0.2, 0) is 11.8 Å². The molecule has 1 rings (SSSR count). The lowest BCUT2D eigenvalue weighted by atomic mass is 10.4. The average Bonchev–Trinajstić information content (AvgIpc) is 2.31. The highest BCUT2D eigenvalue weighted by molar-refractivity contribution is 7.99. The summed E-state index contributed by atoms with van der Waals surface area (Å²) < 4.78 is 1.73. The number of amides is 1. The van der Waals surface area contributed by atoms with Crippen LogP contribution < -0.4 is 5.32 Å². The smallest absolute Gasteiger partial charge is 0.235 e. The summed E-state index contributed by atoms with van der Waals surface area (Å²) in [6, 6.07) is 1.85. The maximum atomic E-state index is 11.2. The largest absolute Gasteiger partial charge is 0.308 e. The molecule has 4 nitrogen and oxygen atoms in total.